The number of aromatic nitrogens is 1. The second kappa shape index (κ2) is 4.00. The first-order chi connectivity index (χ1) is 8.28. The first-order valence-electron chi connectivity index (χ1n) is 5.51. The van der Waals surface area contributed by atoms with Crippen LogP contribution in [0, 0.1) is 0 Å². The number of fused-ring (bicyclic) bond motifs is 2. The van der Waals surface area contributed by atoms with Crippen molar-refractivity contribution in [3.63, 3.8) is 0 Å². The van der Waals surface area contributed by atoms with Crippen LogP contribution < -0.4 is 0 Å². The van der Waals surface area contributed by atoms with Gasteiger partial charge in [-0.15, -0.1) is 0 Å². The van der Waals surface area contributed by atoms with Gasteiger partial charge in [-0.05, 0) is 25.1 Å². The number of benzene rings is 1. The Balaban J connectivity index is 2.24. The van der Waals surface area contributed by atoms with E-state index in [2.05, 4.69) is 11.1 Å². The molecule has 2 nitrogen and oxygen atoms in total. The summed E-state index contributed by atoms with van der Waals surface area (Å²) in [5.74, 6) is 0. The average Bonchev–Trinajstić information content (AvgIpc) is 2.35. The Morgan fingerprint density at radius 2 is 2.18 bits per heavy atom. The summed E-state index contributed by atoms with van der Waals surface area (Å²) < 4.78 is 0. The number of rotatable bonds is 1. The molecule has 2 heterocycles. The summed E-state index contributed by atoms with van der Waals surface area (Å²) in [6.07, 6.45) is 2.89. The molecule has 0 saturated carbocycles. The summed E-state index contributed by atoms with van der Waals surface area (Å²) in [6, 6.07) is 10.1. The Morgan fingerprint density at radius 1 is 1.35 bits per heavy atom. The van der Waals surface area contributed by atoms with Gasteiger partial charge in [0, 0.05) is 21.8 Å². The van der Waals surface area contributed by atoms with E-state index in [-0.39, 0.29) is 5.25 Å². The van der Waals surface area contributed by atoms with Crippen molar-refractivity contribution in [2.45, 2.75) is 17.2 Å². The van der Waals surface area contributed by atoms with Gasteiger partial charge in [0.2, 0.25) is 0 Å². The fourth-order valence-corrected chi connectivity index (χ4v) is 2.97. The minimum absolute atomic E-state index is 0.189. The van der Waals surface area contributed by atoms with Gasteiger partial charge in [0.25, 0.3) is 0 Å². The highest BCUT2D eigenvalue weighted by Gasteiger charge is 2.19. The molecule has 1 aliphatic rings. The van der Waals surface area contributed by atoms with Gasteiger partial charge in [-0.2, -0.15) is 0 Å². The van der Waals surface area contributed by atoms with Gasteiger partial charge < -0.3 is 0 Å². The van der Waals surface area contributed by atoms with Crippen LogP contribution in [0.4, 0.5) is 0 Å². The normalized spacial score (nSPS) is 18.6. The van der Waals surface area contributed by atoms with Gasteiger partial charge >= 0.3 is 0 Å². The zero-order valence-electron chi connectivity index (χ0n) is 9.38. The average molecular weight is 241 g/mol. The molecule has 0 spiro atoms. The summed E-state index contributed by atoms with van der Waals surface area (Å²) in [4.78, 5) is 15.6. The summed E-state index contributed by atoms with van der Waals surface area (Å²) in [5, 5.41) is 2.32. The molecular formula is C14H11NOS. The summed E-state index contributed by atoms with van der Waals surface area (Å²) in [5.41, 5.74) is 2.89. The summed E-state index contributed by atoms with van der Waals surface area (Å²) in [6.45, 7) is 2.03. The van der Waals surface area contributed by atoms with E-state index in [0.717, 1.165) is 33.4 Å². The van der Waals surface area contributed by atoms with Crippen LogP contribution in [-0.4, -0.2) is 16.5 Å². The first kappa shape index (κ1) is 10.5. The molecule has 0 N–H and O–H groups in total. The molecule has 1 aromatic carbocycles. The molecule has 1 atom stereocenters. The molecular weight excluding hydrogens is 230 g/mol. The molecule has 3 heteroatoms. The lowest BCUT2D eigenvalue weighted by atomic mass is 10.1. The first-order valence-corrected chi connectivity index (χ1v) is 6.39. The number of pyridine rings is 1. The van der Waals surface area contributed by atoms with Gasteiger partial charge in [0.1, 0.15) is 11.3 Å². The molecule has 1 unspecified atom stereocenters. The third-order valence-corrected chi connectivity index (χ3v) is 4.11. The van der Waals surface area contributed by atoms with Crippen LogP contribution in [0.5, 0.6) is 0 Å². The second-order valence-corrected chi connectivity index (χ2v) is 5.43. The van der Waals surface area contributed by atoms with E-state index in [9.17, 15) is 4.79 Å². The van der Waals surface area contributed by atoms with Crippen LogP contribution >= 0.6 is 11.8 Å². The van der Waals surface area contributed by atoms with E-state index >= 15 is 0 Å². The van der Waals surface area contributed by atoms with Gasteiger partial charge in [-0.1, -0.05) is 30.0 Å². The zero-order chi connectivity index (χ0) is 11.8. The van der Waals surface area contributed by atoms with Crippen LogP contribution in [0.25, 0.3) is 17.0 Å². The van der Waals surface area contributed by atoms with Crippen molar-refractivity contribution >= 4 is 35.0 Å². The fraction of sp³-hybridized carbons (Fsp3) is 0.143. The largest absolute Gasteiger partial charge is 0.298 e. The van der Waals surface area contributed by atoms with Gasteiger partial charge in [0.15, 0.2) is 0 Å². The zero-order valence-corrected chi connectivity index (χ0v) is 10.2. The van der Waals surface area contributed by atoms with Crippen molar-refractivity contribution in [2.75, 3.05) is 0 Å². The molecule has 0 bridgehead atoms. The topological polar surface area (TPSA) is 30.0 Å². The lowest BCUT2D eigenvalue weighted by molar-refractivity contribution is -0.104. The maximum atomic E-state index is 10.9. The van der Waals surface area contributed by atoms with Crippen LogP contribution in [0.3, 0.4) is 0 Å². The Morgan fingerprint density at radius 3 is 3.00 bits per heavy atom. The quantitative estimate of drug-likeness (QED) is 0.717. The standard InChI is InChI=1S/C14H11NOS/c1-9-12(8-16)7-11-6-10-4-2-3-5-13(10)15-14(11)17-9/h2-9H,1H3. The van der Waals surface area contributed by atoms with Crippen LogP contribution in [0.15, 0.2) is 40.9 Å². The van der Waals surface area contributed by atoms with Crippen molar-refractivity contribution in [3.8, 4) is 0 Å². The highest BCUT2D eigenvalue weighted by molar-refractivity contribution is 8.00. The molecule has 0 fully saturated rings. The smallest absolute Gasteiger partial charge is 0.147 e. The van der Waals surface area contributed by atoms with Crippen molar-refractivity contribution in [3.05, 3.63) is 41.5 Å². The van der Waals surface area contributed by atoms with E-state index in [0.29, 0.717) is 0 Å². The Bertz CT molecular complexity index is 633. The molecule has 0 aliphatic carbocycles. The molecule has 2 aromatic rings. The summed E-state index contributed by atoms with van der Waals surface area (Å²) in [7, 11) is 0. The fourth-order valence-electron chi connectivity index (χ4n) is 1.97. The van der Waals surface area contributed by atoms with Crippen LogP contribution in [0.2, 0.25) is 0 Å². The molecule has 17 heavy (non-hydrogen) atoms. The minimum atomic E-state index is 0.189. The molecule has 1 aliphatic heterocycles. The number of hydrogen-bond acceptors (Lipinski definition) is 3. The molecule has 84 valence electrons. The predicted octanol–water partition coefficient (Wildman–Crippen LogP) is 3.31. The van der Waals surface area contributed by atoms with Crippen molar-refractivity contribution < 1.29 is 4.79 Å². The monoisotopic (exact) mass is 241 g/mol. The third-order valence-electron chi connectivity index (χ3n) is 2.93. The lowest BCUT2D eigenvalue weighted by Gasteiger charge is -2.18. The van der Waals surface area contributed by atoms with E-state index < -0.39 is 0 Å². The number of para-hydroxylation sites is 1. The van der Waals surface area contributed by atoms with Gasteiger partial charge in [-0.25, -0.2) is 4.98 Å². The summed E-state index contributed by atoms with van der Waals surface area (Å²) >= 11 is 1.65. The molecule has 0 amide bonds. The van der Waals surface area contributed by atoms with Crippen molar-refractivity contribution in [1.82, 2.24) is 4.98 Å². The number of thioether (sulfide) groups is 1. The van der Waals surface area contributed by atoms with E-state index in [1.807, 2.05) is 37.3 Å². The SMILES string of the molecule is CC1Sc2nc3ccccc3cc2C=C1C=O. The lowest BCUT2D eigenvalue weighted by Crippen LogP contribution is -2.08. The van der Waals surface area contributed by atoms with Crippen LogP contribution in [0.1, 0.15) is 12.5 Å². The number of carbonyl (C=O) groups excluding carboxylic acids is 1. The van der Waals surface area contributed by atoms with E-state index in [4.69, 9.17) is 0 Å². The number of hydrogen-bond donors (Lipinski definition) is 0. The third kappa shape index (κ3) is 1.76. The minimum Gasteiger partial charge on any atom is -0.298 e. The van der Waals surface area contributed by atoms with Crippen LogP contribution in [-0.2, 0) is 4.79 Å². The maximum absolute atomic E-state index is 10.9. The highest BCUT2D eigenvalue weighted by Crippen LogP contribution is 2.36. The predicted molar refractivity (Wildman–Crippen MR) is 71.1 cm³/mol. The van der Waals surface area contributed by atoms with E-state index in [1.54, 1.807) is 11.8 Å². The number of nitrogens with zero attached hydrogens (tertiary/aromatic N) is 1. The highest BCUT2D eigenvalue weighted by atomic mass is 32.2. The van der Waals surface area contributed by atoms with Gasteiger partial charge in [-0.3, -0.25) is 4.79 Å². The number of aldehydes is 1. The Hall–Kier alpha value is -1.61. The molecule has 3 rings (SSSR count). The molecule has 1 aromatic heterocycles. The van der Waals surface area contributed by atoms with Crippen molar-refractivity contribution in [1.29, 1.82) is 0 Å². The van der Waals surface area contributed by atoms with E-state index in [1.165, 1.54) is 0 Å². The molecule has 0 saturated heterocycles. The maximum Gasteiger partial charge on any atom is 0.147 e. The van der Waals surface area contributed by atoms with Gasteiger partial charge in [0.05, 0.1) is 5.52 Å². The Labute approximate surface area is 104 Å². The Kier molecular flexibility index (Phi) is 2.48. The molecule has 0 radical (unpaired) electrons. The van der Waals surface area contributed by atoms with Crippen molar-refractivity contribution in [2.24, 2.45) is 0 Å². The second-order valence-electron chi connectivity index (χ2n) is 4.10. The number of carbonyl (C=O) groups is 1.